The molecule has 0 aromatic rings. The molecule has 1 atom stereocenters. The molecule has 0 aromatic carbocycles. The summed E-state index contributed by atoms with van der Waals surface area (Å²) in [5, 5.41) is 3.08. The number of hydrogen-bond donors (Lipinski definition) is 3. The van der Waals surface area contributed by atoms with E-state index in [4.69, 9.17) is 11.5 Å². The predicted molar refractivity (Wildman–Crippen MR) is 183 cm³/mol. The number of guanidine groups is 1. The molecule has 5 N–H and O–H groups in total. The minimum absolute atomic E-state index is 0.0369. The summed E-state index contributed by atoms with van der Waals surface area (Å²) in [5.74, 6) is 0.140. The first-order valence-electron chi connectivity index (χ1n) is 18.4. The minimum atomic E-state index is -0.233. The Morgan fingerprint density at radius 1 is 0.571 bits per heavy atom. The average Bonchev–Trinajstić information content (AvgIpc) is 2.97. The highest BCUT2D eigenvalue weighted by Crippen LogP contribution is 2.18. The van der Waals surface area contributed by atoms with Crippen molar-refractivity contribution < 1.29 is 9.59 Å². The molecule has 0 saturated carbocycles. The van der Waals surface area contributed by atoms with E-state index in [9.17, 15) is 9.59 Å². The quantitative estimate of drug-likeness (QED) is 0.0400. The Kier molecular flexibility index (Phi) is 31.1. The second-order valence-corrected chi connectivity index (χ2v) is 12.7. The Bertz CT molecular complexity index is 634. The van der Waals surface area contributed by atoms with Crippen LogP contribution in [0.25, 0.3) is 0 Å². The number of amides is 1. The molecular formula is C36H72N4O2. The Labute approximate surface area is 261 Å². The number of rotatable bonds is 33. The van der Waals surface area contributed by atoms with Gasteiger partial charge in [-0.1, -0.05) is 155 Å². The SMILES string of the molecule is CCCCCCCCCCCCCCCCCCCCCC(=O)C[C@@H](CCCCN=C(N)N)C(=O)NCCCCCC. The first kappa shape index (κ1) is 40.4. The molecule has 0 rings (SSSR count). The fourth-order valence-corrected chi connectivity index (χ4v) is 5.72. The van der Waals surface area contributed by atoms with Crippen molar-refractivity contribution in [3.05, 3.63) is 0 Å². The number of nitrogens with two attached hydrogens (primary N) is 2. The standard InChI is InChI=1S/C36H72N4O2/c1-3-5-7-9-10-11-12-13-14-15-16-17-18-19-20-21-22-23-24-29-34(41)32-33(28-25-27-31-40-36(37)38)35(42)39-30-26-8-6-4-2/h33H,3-32H2,1-2H3,(H,39,42)(H4,37,38,40)/t33-/m1/s1. The van der Waals surface area contributed by atoms with Gasteiger partial charge in [0.1, 0.15) is 5.78 Å². The van der Waals surface area contributed by atoms with Gasteiger partial charge < -0.3 is 16.8 Å². The summed E-state index contributed by atoms with van der Waals surface area (Å²) in [6, 6.07) is 0. The van der Waals surface area contributed by atoms with Crippen LogP contribution >= 0.6 is 0 Å². The molecule has 0 fully saturated rings. The van der Waals surface area contributed by atoms with Gasteiger partial charge in [-0.2, -0.15) is 0 Å². The van der Waals surface area contributed by atoms with Crippen LogP contribution in [0.1, 0.15) is 194 Å². The van der Waals surface area contributed by atoms with E-state index in [2.05, 4.69) is 24.2 Å². The molecule has 0 aliphatic heterocycles. The number of carbonyl (C=O) groups excluding carboxylic acids is 2. The second kappa shape index (κ2) is 32.3. The van der Waals surface area contributed by atoms with Crippen LogP contribution in [0.2, 0.25) is 0 Å². The van der Waals surface area contributed by atoms with Crippen molar-refractivity contribution in [1.29, 1.82) is 0 Å². The third-order valence-corrected chi connectivity index (χ3v) is 8.49. The molecule has 1 amide bonds. The molecule has 42 heavy (non-hydrogen) atoms. The maximum absolute atomic E-state index is 12.8. The highest BCUT2D eigenvalue weighted by atomic mass is 16.2. The summed E-state index contributed by atoms with van der Waals surface area (Å²) in [5.41, 5.74) is 10.8. The van der Waals surface area contributed by atoms with Gasteiger partial charge in [-0.25, -0.2) is 0 Å². The summed E-state index contributed by atoms with van der Waals surface area (Å²) in [7, 11) is 0. The fourth-order valence-electron chi connectivity index (χ4n) is 5.72. The number of nitrogens with zero attached hydrogens (tertiary/aromatic N) is 1. The highest BCUT2D eigenvalue weighted by Gasteiger charge is 2.21. The number of ketones is 1. The number of unbranched alkanes of at least 4 members (excludes halogenated alkanes) is 22. The topological polar surface area (TPSA) is 111 Å². The van der Waals surface area contributed by atoms with Gasteiger partial charge >= 0.3 is 0 Å². The largest absolute Gasteiger partial charge is 0.370 e. The van der Waals surface area contributed by atoms with Crippen LogP contribution < -0.4 is 16.8 Å². The van der Waals surface area contributed by atoms with E-state index >= 15 is 0 Å². The van der Waals surface area contributed by atoms with Crippen molar-refractivity contribution in [1.82, 2.24) is 5.32 Å². The molecule has 0 radical (unpaired) electrons. The Balaban J connectivity index is 3.83. The summed E-state index contributed by atoms with van der Waals surface area (Å²) in [4.78, 5) is 29.5. The van der Waals surface area contributed by atoms with Crippen molar-refractivity contribution in [2.24, 2.45) is 22.4 Å². The van der Waals surface area contributed by atoms with Gasteiger partial charge in [0.05, 0.1) is 0 Å². The minimum Gasteiger partial charge on any atom is -0.370 e. The first-order chi connectivity index (χ1) is 20.5. The van der Waals surface area contributed by atoms with Crippen LogP contribution in [0, 0.1) is 5.92 Å². The molecule has 248 valence electrons. The maximum atomic E-state index is 12.8. The molecule has 0 aromatic heterocycles. The fraction of sp³-hybridized carbons (Fsp3) is 0.917. The molecule has 0 heterocycles. The maximum Gasteiger partial charge on any atom is 0.223 e. The molecule has 0 unspecified atom stereocenters. The van der Waals surface area contributed by atoms with Crippen molar-refractivity contribution in [3.8, 4) is 0 Å². The van der Waals surface area contributed by atoms with Crippen LogP contribution in [-0.4, -0.2) is 30.7 Å². The lowest BCUT2D eigenvalue weighted by Crippen LogP contribution is -2.33. The molecule has 0 aliphatic rings. The summed E-state index contributed by atoms with van der Waals surface area (Å²) in [6.45, 7) is 5.75. The molecule has 0 saturated heterocycles. The number of nitrogens with one attached hydrogen (secondary N) is 1. The Morgan fingerprint density at radius 3 is 1.45 bits per heavy atom. The van der Waals surface area contributed by atoms with E-state index in [0.717, 1.165) is 38.5 Å². The van der Waals surface area contributed by atoms with Gasteiger partial charge in [-0.05, 0) is 25.7 Å². The molecule has 0 spiro atoms. The zero-order valence-corrected chi connectivity index (χ0v) is 28.2. The molecule has 6 nitrogen and oxygen atoms in total. The third kappa shape index (κ3) is 29.9. The average molecular weight is 593 g/mol. The van der Waals surface area contributed by atoms with E-state index in [0.29, 0.717) is 32.4 Å². The van der Waals surface area contributed by atoms with Gasteiger partial charge in [-0.15, -0.1) is 0 Å². The molecule has 6 heteroatoms. The van der Waals surface area contributed by atoms with Crippen LogP contribution in [0.3, 0.4) is 0 Å². The lowest BCUT2D eigenvalue weighted by Gasteiger charge is -2.16. The second-order valence-electron chi connectivity index (χ2n) is 12.7. The molecular weight excluding hydrogens is 520 g/mol. The van der Waals surface area contributed by atoms with Gasteiger partial charge in [0, 0.05) is 31.8 Å². The smallest absolute Gasteiger partial charge is 0.223 e. The zero-order valence-electron chi connectivity index (χ0n) is 28.2. The molecule has 0 aliphatic carbocycles. The van der Waals surface area contributed by atoms with Gasteiger partial charge in [0.25, 0.3) is 0 Å². The van der Waals surface area contributed by atoms with Crippen LogP contribution in [-0.2, 0) is 9.59 Å². The van der Waals surface area contributed by atoms with Crippen molar-refractivity contribution in [2.75, 3.05) is 13.1 Å². The predicted octanol–water partition coefficient (Wildman–Crippen LogP) is 9.52. The van der Waals surface area contributed by atoms with Crippen LogP contribution in [0.4, 0.5) is 0 Å². The van der Waals surface area contributed by atoms with Crippen molar-refractivity contribution >= 4 is 17.6 Å². The van der Waals surface area contributed by atoms with E-state index in [1.807, 2.05) is 0 Å². The van der Waals surface area contributed by atoms with E-state index in [1.165, 1.54) is 122 Å². The van der Waals surface area contributed by atoms with Gasteiger partial charge in [0.2, 0.25) is 5.91 Å². The highest BCUT2D eigenvalue weighted by molar-refractivity contribution is 5.86. The summed E-state index contributed by atoms with van der Waals surface area (Å²) in [6.07, 6.45) is 33.6. The van der Waals surface area contributed by atoms with Crippen LogP contribution in [0.5, 0.6) is 0 Å². The third-order valence-electron chi connectivity index (χ3n) is 8.49. The Hall–Kier alpha value is -1.59. The first-order valence-corrected chi connectivity index (χ1v) is 18.4. The van der Waals surface area contributed by atoms with E-state index in [-0.39, 0.29) is 23.6 Å². The summed E-state index contributed by atoms with van der Waals surface area (Å²) >= 11 is 0. The van der Waals surface area contributed by atoms with Crippen LogP contribution in [0.15, 0.2) is 4.99 Å². The van der Waals surface area contributed by atoms with Crippen molar-refractivity contribution in [3.63, 3.8) is 0 Å². The lowest BCUT2D eigenvalue weighted by molar-refractivity contribution is -0.129. The van der Waals surface area contributed by atoms with Gasteiger partial charge in [0.15, 0.2) is 5.96 Å². The van der Waals surface area contributed by atoms with Crippen molar-refractivity contribution in [2.45, 2.75) is 194 Å². The molecule has 0 bridgehead atoms. The Morgan fingerprint density at radius 2 is 1.00 bits per heavy atom. The van der Waals surface area contributed by atoms with Gasteiger partial charge in [-0.3, -0.25) is 14.6 Å². The number of Topliss-reactive ketones (excluding diaryl/α,β-unsaturated/α-hetero) is 1. The number of carbonyl (C=O) groups is 2. The number of hydrogen-bond acceptors (Lipinski definition) is 3. The lowest BCUT2D eigenvalue weighted by atomic mass is 9.93. The number of aliphatic imine (C=N–C) groups is 1. The van der Waals surface area contributed by atoms with E-state index < -0.39 is 0 Å². The zero-order chi connectivity index (χ0) is 30.9. The monoisotopic (exact) mass is 593 g/mol. The normalized spacial score (nSPS) is 11.9. The summed E-state index contributed by atoms with van der Waals surface area (Å²) < 4.78 is 0. The van der Waals surface area contributed by atoms with E-state index in [1.54, 1.807) is 0 Å².